The van der Waals surface area contributed by atoms with Crippen molar-refractivity contribution in [2.75, 3.05) is 32.2 Å². The highest BCUT2D eigenvalue weighted by Gasteiger charge is 2.51. The number of hydrogen-bond acceptors (Lipinski definition) is 2. The lowest BCUT2D eigenvalue weighted by Crippen LogP contribution is -2.40. The van der Waals surface area contributed by atoms with E-state index in [4.69, 9.17) is 16.3 Å². The van der Waals surface area contributed by atoms with Crippen LogP contribution < -0.4 is 0 Å². The molecular weight excluding hydrogens is 226 g/mol. The molecular formula is C12H20ClNO2. The summed E-state index contributed by atoms with van der Waals surface area (Å²) in [5, 5.41) is 0. The normalized spacial score (nSPS) is 27.1. The maximum absolute atomic E-state index is 11.6. The highest BCUT2D eigenvalue weighted by Crippen LogP contribution is 2.51. The molecule has 1 saturated carbocycles. The zero-order valence-electron chi connectivity index (χ0n) is 9.88. The maximum atomic E-state index is 11.6. The average Bonchev–Trinajstić information content (AvgIpc) is 2.64. The van der Waals surface area contributed by atoms with Crippen molar-refractivity contribution in [3.05, 3.63) is 0 Å². The highest BCUT2D eigenvalue weighted by atomic mass is 35.5. The number of hydrogen-bond donors (Lipinski definition) is 0. The summed E-state index contributed by atoms with van der Waals surface area (Å²) in [6, 6.07) is 0. The quantitative estimate of drug-likeness (QED) is 0.708. The van der Waals surface area contributed by atoms with Gasteiger partial charge in [-0.25, -0.2) is 0 Å². The van der Waals surface area contributed by atoms with Gasteiger partial charge in [-0.05, 0) is 25.2 Å². The van der Waals surface area contributed by atoms with Crippen LogP contribution >= 0.6 is 11.6 Å². The van der Waals surface area contributed by atoms with Crippen LogP contribution in [0.3, 0.4) is 0 Å². The molecule has 4 heteroatoms. The van der Waals surface area contributed by atoms with Crippen LogP contribution in [0.4, 0.5) is 0 Å². The van der Waals surface area contributed by atoms with Crippen molar-refractivity contribution >= 4 is 17.5 Å². The van der Waals surface area contributed by atoms with Gasteiger partial charge in [-0.1, -0.05) is 6.42 Å². The molecule has 0 radical (unpaired) electrons. The van der Waals surface area contributed by atoms with Crippen LogP contribution in [0.15, 0.2) is 0 Å². The Morgan fingerprint density at radius 1 is 1.56 bits per heavy atom. The number of amides is 1. The lowest BCUT2D eigenvalue weighted by Gasteiger charge is -2.42. The number of nitrogens with zero attached hydrogens (tertiary/aromatic N) is 1. The minimum atomic E-state index is 0.0759. The Labute approximate surface area is 102 Å². The summed E-state index contributed by atoms with van der Waals surface area (Å²) in [7, 11) is 0. The van der Waals surface area contributed by atoms with Gasteiger partial charge >= 0.3 is 0 Å². The van der Waals surface area contributed by atoms with E-state index in [0.717, 1.165) is 26.3 Å². The first-order chi connectivity index (χ1) is 7.72. The summed E-state index contributed by atoms with van der Waals surface area (Å²) in [4.78, 5) is 13.5. The van der Waals surface area contributed by atoms with E-state index in [1.165, 1.54) is 19.3 Å². The van der Waals surface area contributed by atoms with E-state index in [0.29, 0.717) is 11.3 Å². The van der Waals surface area contributed by atoms with Gasteiger partial charge in [0.1, 0.15) is 5.88 Å². The molecule has 0 N–H and O–H groups in total. The summed E-state index contributed by atoms with van der Waals surface area (Å²) in [6.07, 6.45) is 3.79. The summed E-state index contributed by atoms with van der Waals surface area (Å²) in [5.74, 6) is 0.706. The van der Waals surface area contributed by atoms with E-state index in [9.17, 15) is 4.79 Å². The van der Waals surface area contributed by atoms with E-state index in [1.54, 1.807) is 0 Å². The first-order valence-electron chi connectivity index (χ1n) is 6.13. The SMILES string of the molecule is CCOCC1CN(C(=O)CCl)CC12CCC2. The van der Waals surface area contributed by atoms with Gasteiger partial charge < -0.3 is 9.64 Å². The third-order valence-electron chi connectivity index (χ3n) is 4.15. The third kappa shape index (κ3) is 2.07. The van der Waals surface area contributed by atoms with Gasteiger partial charge in [-0.2, -0.15) is 0 Å². The standard InChI is InChI=1S/C12H20ClNO2/c1-2-16-8-10-7-14(11(15)6-13)9-12(10)4-3-5-12/h10H,2-9H2,1H3. The molecule has 1 amide bonds. The maximum Gasteiger partial charge on any atom is 0.237 e. The Balaban J connectivity index is 1.98. The van der Waals surface area contributed by atoms with Gasteiger partial charge in [0, 0.05) is 25.6 Å². The zero-order chi connectivity index (χ0) is 11.6. The molecule has 0 aromatic heterocycles. The lowest BCUT2D eigenvalue weighted by atomic mass is 9.63. The molecule has 1 aliphatic heterocycles. The Kier molecular flexibility index (Phi) is 3.75. The minimum absolute atomic E-state index is 0.0759. The zero-order valence-corrected chi connectivity index (χ0v) is 10.6. The van der Waals surface area contributed by atoms with Crippen LogP contribution in [-0.2, 0) is 9.53 Å². The molecule has 1 aliphatic carbocycles. The second-order valence-electron chi connectivity index (χ2n) is 4.98. The van der Waals surface area contributed by atoms with Gasteiger partial charge in [0.05, 0.1) is 6.61 Å². The topological polar surface area (TPSA) is 29.5 Å². The van der Waals surface area contributed by atoms with Crippen LogP contribution in [0.2, 0.25) is 0 Å². The molecule has 16 heavy (non-hydrogen) atoms. The predicted molar refractivity (Wildman–Crippen MR) is 63.6 cm³/mol. The van der Waals surface area contributed by atoms with Crippen molar-refractivity contribution in [2.45, 2.75) is 26.2 Å². The van der Waals surface area contributed by atoms with Crippen molar-refractivity contribution in [1.29, 1.82) is 0 Å². The van der Waals surface area contributed by atoms with Crippen LogP contribution in [-0.4, -0.2) is 43.0 Å². The molecule has 1 spiro atoms. The molecule has 0 aromatic rings. The van der Waals surface area contributed by atoms with E-state index in [1.807, 2.05) is 11.8 Å². The molecule has 3 nitrogen and oxygen atoms in total. The first kappa shape index (κ1) is 12.2. The monoisotopic (exact) mass is 245 g/mol. The van der Waals surface area contributed by atoms with Gasteiger partial charge in [-0.15, -0.1) is 11.6 Å². The Bertz CT molecular complexity index is 266. The van der Waals surface area contributed by atoms with Crippen LogP contribution in [0.25, 0.3) is 0 Å². The van der Waals surface area contributed by atoms with Crippen molar-refractivity contribution < 1.29 is 9.53 Å². The van der Waals surface area contributed by atoms with Gasteiger partial charge in [0.25, 0.3) is 0 Å². The smallest absolute Gasteiger partial charge is 0.237 e. The largest absolute Gasteiger partial charge is 0.381 e. The highest BCUT2D eigenvalue weighted by molar-refractivity contribution is 6.27. The second-order valence-corrected chi connectivity index (χ2v) is 5.25. The minimum Gasteiger partial charge on any atom is -0.381 e. The van der Waals surface area contributed by atoms with Crippen LogP contribution in [0.1, 0.15) is 26.2 Å². The van der Waals surface area contributed by atoms with Crippen LogP contribution in [0.5, 0.6) is 0 Å². The van der Waals surface area contributed by atoms with E-state index in [-0.39, 0.29) is 11.8 Å². The van der Waals surface area contributed by atoms with Crippen molar-refractivity contribution in [3.8, 4) is 0 Å². The van der Waals surface area contributed by atoms with Crippen LogP contribution in [0, 0.1) is 11.3 Å². The van der Waals surface area contributed by atoms with Crippen molar-refractivity contribution in [1.82, 2.24) is 4.90 Å². The van der Waals surface area contributed by atoms with Crippen molar-refractivity contribution in [3.63, 3.8) is 0 Å². The summed E-state index contributed by atoms with van der Waals surface area (Å²) in [6.45, 7) is 5.31. The van der Waals surface area contributed by atoms with E-state index in [2.05, 4.69) is 0 Å². The molecule has 2 aliphatic rings. The molecule has 1 heterocycles. The molecule has 1 saturated heterocycles. The summed E-state index contributed by atoms with van der Waals surface area (Å²) < 4.78 is 5.54. The number of halogens is 1. The van der Waals surface area contributed by atoms with E-state index >= 15 is 0 Å². The fraction of sp³-hybridized carbons (Fsp3) is 0.917. The van der Waals surface area contributed by atoms with Gasteiger partial charge in [0.15, 0.2) is 0 Å². The molecule has 2 rings (SSSR count). The summed E-state index contributed by atoms with van der Waals surface area (Å²) in [5.41, 5.74) is 0.358. The molecule has 1 unspecified atom stereocenters. The van der Waals surface area contributed by atoms with E-state index < -0.39 is 0 Å². The average molecular weight is 246 g/mol. The second kappa shape index (κ2) is 4.92. The van der Waals surface area contributed by atoms with Gasteiger partial charge in [-0.3, -0.25) is 4.79 Å². The van der Waals surface area contributed by atoms with Gasteiger partial charge in [0.2, 0.25) is 5.91 Å². The molecule has 92 valence electrons. The number of carbonyl (C=O) groups is 1. The first-order valence-corrected chi connectivity index (χ1v) is 6.67. The Morgan fingerprint density at radius 3 is 2.81 bits per heavy atom. The lowest BCUT2D eigenvalue weighted by molar-refractivity contribution is -0.128. The molecule has 0 bridgehead atoms. The number of rotatable bonds is 4. The number of likely N-dealkylation sites (tertiary alicyclic amines) is 1. The van der Waals surface area contributed by atoms with Crippen molar-refractivity contribution in [2.24, 2.45) is 11.3 Å². The third-order valence-corrected chi connectivity index (χ3v) is 4.38. The number of ether oxygens (including phenoxy) is 1. The fourth-order valence-electron chi connectivity index (χ4n) is 2.99. The Hall–Kier alpha value is -0.280. The number of carbonyl (C=O) groups excluding carboxylic acids is 1. The number of alkyl halides is 1. The molecule has 1 atom stereocenters. The predicted octanol–water partition coefficient (Wildman–Crippen LogP) is 1.89. The fourth-order valence-corrected chi connectivity index (χ4v) is 3.16. The summed E-state index contributed by atoms with van der Waals surface area (Å²) >= 11 is 5.62. The Morgan fingerprint density at radius 2 is 2.31 bits per heavy atom. The molecule has 0 aromatic carbocycles. The molecule has 2 fully saturated rings.